The number of sulfone groups is 1. The van der Waals surface area contributed by atoms with Gasteiger partial charge in [-0.2, -0.15) is 0 Å². The minimum absolute atomic E-state index is 0.0355. The smallest absolute Gasteiger partial charge is 0.153 e. The third-order valence-electron chi connectivity index (χ3n) is 4.47. The lowest BCUT2D eigenvalue weighted by molar-refractivity contribution is 0.155. The lowest BCUT2D eigenvalue weighted by Gasteiger charge is -2.35. The quantitative estimate of drug-likeness (QED) is 0.892. The zero-order valence-electron chi connectivity index (χ0n) is 12.2. The molecule has 0 saturated carbocycles. The van der Waals surface area contributed by atoms with E-state index in [0.29, 0.717) is 12.3 Å². The van der Waals surface area contributed by atoms with Crippen molar-refractivity contribution < 1.29 is 8.42 Å². The molecule has 2 atom stereocenters. The molecule has 0 aromatic carbocycles. The average Bonchev–Trinajstić information content (AvgIpc) is 2.82. The number of hydrogen-bond donors (Lipinski definition) is 1. The lowest BCUT2D eigenvalue weighted by Crippen LogP contribution is -2.50. The van der Waals surface area contributed by atoms with E-state index in [1.807, 2.05) is 18.3 Å². The summed E-state index contributed by atoms with van der Waals surface area (Å²) in [5.41, 5.74) is 1.10. The highest BCUT2D eigenvalue weighted by molar-refractivity contribution is 7.91. The number of nitrogens with zero attached hydrogens (tertiary/aromatic N) is 2. The van der Waals surface area contributed by atoms with Gasteiger partial charge in [0.05, 0.1) is 11.5 Å². The van der Waals surface area contributed by atoms with Crippen LogP contribution in [0.15, 0.2) is 24.5 Å². The van der Waals surface area contributed by atoms with Gasteiger partial charge < -0.3 is 5.32 Å². The Labute approximate surface area is 126 Å². The third-order valence-corrected chi connectivity index (χ3v) is 6.19. The van der Waals surface area contributed by atoms with E-state index < -0.39 is 9.84 Å². The minimum atomic E-state index is -2.92. The number of hydrogen-bond acceptors (Lipinski definition) is 5. The van der Waals surface area contributed by atoms with Crippen molar-refractivity contribution in [2.75, 3.05) is 24.6 Å². The van der Waals surface area contributed by atoms with E-state index in [2.05, 4.69) is 15.2 Å². The van der Waals surface area contributed by atoms with Crippen LogP contribution in [0, 0.1) is 0 Å². The molecule has 2 saturated heterocycles. The van der Waals surface area contributed by atoms with Gasteiger partial charge in [-0.25, -0.2) is 8.42 Å². The van der Waals surface area contributed by atoms with Gasteiger partial charge >= 0.3 is 0 Å². The Morgan fingerprint density at radius 3 is 2.76 bits per heavy atom. The van der Waals surface area contributed by atoms with E-state index in [9.17, 15) is 8.42 Å². The fourth-order valence-corrected chi connectivity index (χ4v) is 5.37. The molecule has 2 fully saturated rings. The second-order valence-corrected chi connectivity index (χ2v) is 8.24. The predicted molar refractivity (Wildman–Crippen MR) is 82.7 cm³/mol. The van der Waals surface area contributed by atoms with Gasteiger partial charge in [-0.1, -0.05) is 12.5 Å². The summed E-state index contributed by atoms with van der Waals surface area (Å²) in [6, 6.07) is 4.09. The fourth-order valence-electron chi connectivity index (χ4n) is 3.39. The molecule has 116 valence electrons. The molecule has 21 heavy (non-hydrogen) atoms. The number of piperidine rings is 1. The highest BCUT2D eigenvalue weighted by Crippen LogP contribution is 2.22. The van der Waals surface area contributed by atoms with Gasteiger partial charge in [0.25, 0.3) is 0 Å². The summed E-state index contributed by atoms with van der Waals surface area (Å²) >= 11 is 0. The van der Waals surface area contributed by atoms with Crippen molar-refractivity contribution in [3.63, 3.8) is 0 Å². The van der Waals surface area contributed by atoms with E-state index in [0.717, 1.165) is 18.7 Å². The van der Waals surface area contributed by atoms with E-state index >= 15 is 0 Å². The van der Waals surface area contributed by atoms with E-state index in [4.69, 9.17) is 0 Å². The monoisotopic (exact) mass is 309 g/mol. The van der Waals surface area contributed by atoms with E-state index in [1.54, 1.807) is 6.20 Å². The molecule has 0 unspecified atom stereocenters. The van der Waals surface area contributed by atoms with Gasteiger partial charge in [0.15, 0.2) is 9.84 Å². The van der Waals surface area contributed by atoms with Crippen LogP contribution in [-0.4, -0.2) is 55.0 Å². The SMILES string of the molecule is O=S1(=O)C[C@H](NCc2cccnc2)[C@H](N2CCCCC2)C1. The summed E-state index contributed by atoms with van der Waals surface area (Å²) in [6.45, 7) is 2.74. The second kappa shape index (κ2) is 6.42. The molecular formula is C15H23N3O2S. The summed E-state index contributed by atoms with van der Waals surface area (Å²) in [6.07, 6.45) is 7.22. The van der Waals surface area contributed by atoms with E-state index in [-0.39, 0.29) is 17.8 Å². The maximum absolute atomic E-state index is 12.0. The maximum atomic E-state index is 12.0. The van der Waals surface area contributed by atoms with Crippen LogP contribution in [0.5, 0.6) is 0 Å². The molecular weight excluding hydrogens is 286 g/mol. The van der Waals surface area contributed by atoms with Gasteiger partial charge in [0.1, 0.15) is 0 Å². The van der Waals surface area contributed by atoms with Crippen LogP contribution in [0.2, 0.25) is 0 Å². The molecule has 1 aromatic heterocycles. The molecule has 6 heteroatoms. The van der Waals surface area contributed by atoms with Crippen molar-refractivity contribution in [3.05, 3.63) is 30.1 Å². The number of rotatable bonds is 4. The molecule has 0 amide bonds. The Hall–Kier alpha value is -0.980. The first-order valence-corrected chi connectivity index (χ1v) is 9.53. The first-order chi connectivity index (χ1) is 10.1. The van der Waals surface area contributed by atoms with Crippen LogP contribution in [0.4, 0.5) is 0 Å². The molecule has 0 aliphatic carbocycles. The van der Waals surface area contributed by atoms with Gasteiger partial charge in [0.2, 0.25) is 0 Å². The second-order valence-electron chi connectivity index (χ2n) is 6.09. The Morgan fingerprint density at radius 1 is 1.24 bits per heavy atom. The summed E-state index contributed by atoms with van der Waals surface area (Å²) in [5.74, 6) is 0.562. The zero-order chi connectivity index (χ0) is 14.7. The Balaban J connectivity index is 1.66. The normalized spacial score (nSPS) is 29.5. The van der Waals surface area contributed by atoms with Crippen molar-refractivity contribution >= 4 is 9.84 Å². The molecule has 1 aromatic rings. The molecule has 0 radical (unpaired) electrons. The molecule has 5 nitrogen and oxygen atoms in total. The lowest BCUT2D eigenvalue weighted by atomic mass is 10.0. The number of likely N-dealkylation sites (tertiary alicyclic amines) is 1. The molecule has 2 aliphatic rings. The van der Waals surface area contributed by atoms with Crippen molar-refractivity contribution in [3.8, 4) is 0 Å². The Bertz CT molecular complexity index is 556. The predicted octanol–water partition coefficient (Wildman–Crippen LogP) is 0.823. The first kappa shape index (κ1) is 14.9. The average molecular weight is 309 g/mol. The highest BCUT2D eigenvalue weighted by Gasteiger charge is 2.40. The van der Waals surface area contributed by atoms with Crippen molar-refractivity contribution in [1.29, 1.82) is 0 Å². The fraction of sp³-hybridized carbons (Fsp3) is 0.667. The topological polar surface area (TPSA) is 62.3 Å². The summed E-state index contributed by atoms with van der Waals surface area (Å²) in [5, 5.41) is 3.44. The van der Waals surface area contributed by atoms with Crippen molar-refractivity contribution in [2.24, 2.45) is 0 Å². The van der Waals surface area contributed by atoms with Crippen molar-refractivity contribution in [2.45, 2.75) is 37.9 Å². The van der Waals surface area contributed by atoms with E-state index in [1.165, 1.54) is 19.3 Å². The third kappa shape index (κ3) is 3.81. The summed E-state index contributed by atoms with van der Waals surface area (Å²) in [4.78, 5) is 6.47. The number of nitrogens with one attached hydrogen (secondary N) is 1. The summed E-state index contributed by atoms with van der Waals surface area (Å²) in [7, 11) is -2.92. The van der Waals surface area contributed by atoms with Gasteiger partial charge in [-0.05, 0) is 37.6 Å². The van der Waals surface area contributed by atoms with Gasteiger partial charge in [0, 0.05) is 31.0 Å². The maximum Gasteiger partial charge on any atom is 0.153 e. The molecule has 3 rings (SSSR count). The van der Waals surface area contributed by atoms with Crippen LogP contribution in [0.1, 0.15) is 24.8 Å². The molecule has 3 heterocycles. The summed E-state index contributed by atoms with van der Waals surface area (Å²) < 4.78 is 24.1. The van der Waals surface area contributed by atoms with Crippen LogP contribution in [0.25, 0.3) is 0 Å². The van der Waals surface area contributed by atoms with Crippen LogP contribution in [0.3, 0.4) is 0 Å². The molecule has 0 spiro atoms. The van der Waals surface area contributed by atoms with Gasteiger partial charge in [-0.15, -0.1) is 0 Å². The van der Waals surface area contributed by atoms with Gasteiger partial charge in [-0.3, -0.25) is 9.88 Å². The van der Waals surface area contributed by atoms with Crippen LogP contribution < -0.4 is 5.32 Å². The van der Waals surface area contributed by atoms with Crippen LogP contribution >= 0.6 is 0 Å². The standard InChI is InChI=1S/C15H23N3O2S/c19-21(20)11-14(17-10-13-5-4-6-16-9-13)15(12-21)18-7-2-1-3-8-18/h4-6,9,14-15,17H,1-3,7-8,10-12H2/t14-,15+/m0/s1. The minimum Gasteiger partial charge on any atom is -0.307 e. The van der Waals surface area contributed by atoms with Crippen molar-refractivity contribution in [1.82, 2.24) is 15.2 Å². The molecule has 2 aliphatic heterocycles. The number of aromatic nitrogens is 1. The Kier molecular flexibility index (Phi) is 4.57. The number of pyridine rings is 1. The molecule has 0 bridgehead atoms. The zero-order valence-corrected chi connectivity index (χ0v) is 13.1. The van der Waals surface area contributed by atoms with Crippen LogP contribution in [-0.2, 0) is 16.4 Å². The Morgan fingerprint density at radius 2 is 2.05 bits per heavy atom. The molecule has 1 N–H and O–H groups in total. The largest absolute Gasteiger partial charge is 0.307 e. The highest BCUT2D eigenvalue weighted by atomic mass is 32.2. The first-order valence-electron chi connectivity index (χ1n) is 7.71.